The molecule has 94 heavy (non-hydrogen) atoms. The molecule has 0 N–H and O–H groups in total. The van der Waals surface area contributed by atoms with Gasteiger partial charge in [-0.2, -0.15) is 5.26 Å². The van der Waals surface area contributed by atoms with Crippen molar-refractivity contribution in [3.8, 4) is 39.9 Å². The number of hydrogen-bond donors (Lipinski definition) is 0. The third kappa shape index (κ3) is 6.26. The zero-order chi connectivity index (χ0) is 61.2. The van der Waals surface area contributed by atoms with E-state index in [2.05, 4.69) is 249 Å². The molecule has 0 saturated carbocycles. The highest BCUT2D eigenvalue weighted by Gasteiger charge is 2.37. The molecule has 434 valence electrons. The molecule has 9 nitrogen and oxygen atoms in total. The summed E-state index contributed by atoms with van der Waals surface area (Å²) < 4.78 is 38.5. The Balaban J connectivity index is 1.07. The van der Waals surface area contributed by atoms with Crippen LogP contribution < -0.4 is 0 Å². The first-order valence-corrected chi connectivity index (χ1v) is 31.7. The Morgan fingerprint density at radius 3 is 0.777 bits per heavy atom. The Bertz CT molecular complexity index is 6430. The van der Waals surface area contributed by atoms with Gasteiger partial charge in [-0.15, -0.1) is 0 Å². The van der Waals surface area contributed by atoms with Crippen LogP contribution in [0.1, 0.15) is 5.56 Å². The third-order valence-corrected chi connectivity index (χ3v) is 20.2. The van der Waals surface area contributed by atoms with Gasteiger partial charge >= 0.3 is 0 Å². The van der Waals surface area contributed by atoms with Crippen molar-refractivity contribution < 1.29 is 17.7 Å². The summed E-state index contributed by atoms with van der Waals surface area (Å²) in [5.74, 6) is 0. The van der Waals surface area contributed by atoms with Crippen molar-refractivity contribution in [1.82, 2.24) is 18.3 Å². The van der Waals surface area contributed by atoms with Crippen LogP contribution in [-0.4, -0.2) is 18.3 Å². The smallest absolute Gasteiger partial charge is 0.145 e. The predicted octanol–water partition coefficient (Wildman–Crippen LogP) is 23.2. The molecular weight excluding hydrogens is 1150 g/mol. The zero-order valence-corrected chi connectivity index (χ0v) is 49.8. The van der Waals surface area contributed by atoms with E-state index in [4.69, 9.17) is 17.7 Å². The van der Waals surface area contributed by atoms with E-state index in [1.807, 2.05) is 48.5 Å². The molecular formula is C85H45N5O4. The molecule has 22 rings (SSSR count). The lowest BCUT2D eigenvalue weighted by Gasteiger charge is -2.29. The lowest BCUT2D eigenvalue weighted by atomic mass is 9.93. The van der Waals surface area contributed by atoms with Gasteiger partial charge in [-0.25, -0.2) is 0 Å². The number of furan rings is 4. The Morgan fingerprint density at radius 2 is 0.479 bits per heavy atom. The second-order valence-electron chi connectivity index (χ2n) is 24.8. The molecule has 0 radical (unpaired) electrons. The monoisotopic (exact) mass is 1200 g/mol. The van der Waals surface area contributed by atoms with Crippen LogP contribution in [0, 0.1) is 11.3 Å². The second-order valence-corrected chi connectivity index (χ2v) is 24.8. The Labute approximate surface area is 531 Å². The molecule has 0 fully saturated rings. The van der Waals surface area contributed by atoms with Gasteiger partial charge in [0.25, 0.3) is 0 Å². The Morgan fingerprint density at radius 1 is 0.223 bits per heavy atom. The largest absolute Gasteiger partial charge is 0.455 e. The molecule has 0 aliphatic rings. The molecule has 0 spiro atoms. The first kappa shape index (κ1) is 49.8. The third-order valence-electron chi connectivity index (χ3n) is 20.2. The lowest BCUT2D eigenvalue weighted by Crippen LogP contribution is -2.16. The van der Waals surface area contributed by atoms with Crippen LogP contribution in [0.15, 0.2) is 291 Å². The van der Waals surface area contributed by atoms with E-state index < -0.39 is 0 Å². The van der Waals surface area contributed by atoms with Crippen LogP contribution >= 0.6 is 0 Å². The lowest BCUT2D eigenvalue weighted by molar-refractivity contribution is 0.670. The highest BCUT2D eigenvalue weighted by atomic mass is 16.3. The van der Waals surface area contributed by atoms with Gasteiger partial charge in [0.1, 0.15) is 56.3 Å². The number of nitriles is 1. The highest BCUT2D eigenvalue weighted by Crippen LogP contribution is 2.55. The van der Waals surface area contributed by atoms with Gasteiger partial charge in [0.2, 0.25) is 0 Å². The van der Waals surface area contributed by atoms with Crippen LogP contribution in [0.3, 0.4) is 0 Å². The van der Waals surface area contributed by atoms with E-state index in [1.165, 1.54) is 0 Å². The van der Waals surface area contributed by atoms with Crippen LogP contribution in [0.25, 0.3) is 209 Å². The van der Waals surface area contributed by atoms with Crippen molar-refractivity contribution in [2.45, 2.75) is 0 Å². The van der Waals surface area contributed by atoms with Gasteiger partial charge in [0.05, 0.1) is 88.4 Å². The van der Waals surface area contributed by atoms with E-state index in [1.54, 1.807) is 0 Å². The van der Waals surface area contributed by atoms with E-state index in [0.717, 1.165) is 197 Å². The summed E-state index contributed by atoms with van der Waals surface area (Å²) in [7, 11) is 0. The summed E-state index contributed by atoms with van der Waals surface area (Å²) in [5.41, 5.74) is 18.4. The van der Waals surface area contributed by atoms with Crippen molar-refractivity contribution in [3.05, 3.63) is 279 Å². The van der Waals surface area contributed by atoms with E-state index >= 15 is 0 Å². The quantitative estimate of drug-likeness (QED) is 0.171. The van der Waals surface area contributed by atoms with Crippen molar-refractivity contribution >= 4 is 175 Å². The number of fused-ring (bicyclic) bond motifs is 28. The zero-order valence-electron chi connectivity index (χ0n) is 49.8. The Hall–Kier alpha value is -13.0. The van der Waals surface area contributed by atoms with Crippen LogP contribution in [0.5, 0.6) is 0 Å². The minimum absolute atomic E-state index is 0.442. The number of rotatable bonds is 5. The van der Waals surface area contributed by atoms with E-state index in [9.17, 15) is 5.26 Å². The number of benzene rings is 14. The van der Waals surface area contributed by atoms with Gasteiger partial charge in [0.15, 0.2) is 0 Å². The summed E-state index contributed by atoms with van der Waals surface area (Å²) in [6.07, 6.45) is 0. The van der Waals surface area contributed by atoms with Crippen LogP contribution in [0.2, 0.25) is 0 Å². The highest BCUT2D eigenvalue weighted by molar-refractivity contribution is 6.33. The van der Waals surface area contributed by atoms with Crippen molar-refractivity contribution in [2.24, 2.45) is 0 Å². The van der Waals surface area contributed by atoms with Gasteiger partial charge in [0, 0.05) is 70.2 Å². The summed E-state index contributed by atoms with van der Waals surface area (Å²) >= 11 is 0. The maximum absolute atomic E-state index is 13.4. The first-order valence-electron chi connectivity index (χ1n) is 31.7. The number of nitrogens with zero attached hydrogens (tertiary/aromatic N) is 5. The molecule has 9 heteroatoms. The van der Waals surface area contributed by atoms with Gasteiger partial charge in [-0.3, -0.25) is 0 Å². The summed E-state index contributed by atoms with van der Waals surface area (Å²) in [5, 5.41) is 29.2. The van der Waals surface area contributed by atoms with Crippen molar-refractivity contribution in [3.63, 3.8) is 0 Å². The molecule has 0 aliphatic carbocycles. The molecule has 22 aromatic rings. The molecule has 8 heterocycles. The molecule has 0 unspecified atom stereocenters. The normalized spacial score (nSPS) is 12.5. The van der Waals surface area contributed by atoms with Gasteiger partial charge in [-0.1, -0.05) is 176 Å². The minimum atomic E-state index is 0.442. The first-order chi connectivity index (χ1) is 46.7. The summed E-state index contributed by atoms with van der Waals surface area (Å²) in [6, 6.07) is 99.4. The maximum atomic E-state index is 13.4. The molecule has 0 saturated heterocycles. The standard InChI is InChI=1S/C85H45N5O4/c86-46-60-78(87-61-30-12-4-22-48(61)49-23-5-13-31-62(49)87)80(89-65-42-38-56-52-26-8-16-34-69(52)91-82(56)74(65)75-66(89)43-39-57-53-27-9-17-35-70(53)92-83(57)75)73(47-20-2-1-3-21-47)81(79(60)88-63-32-14-6-24-50(63)51-25-7-15-33-64(51)88)90-67-44-40-58-54-28-10-18-36-71(54)93-84(58)76(67)77-68(90)45-41-59-55-29-11-19-37-72(55)94-85(59)77/h1-45H. The molecule has 14 aromatic carbocycles. The molecule has 0 amide bonds. The van der Waals surface area contributed by atoms with E-state index in [-0.39, 0.29) is 0 Å². The number of para-hydroxylation sites is 8. The average molecular weight is 1200 g/mol. The number of hydrogen-bond acceptors (Lipinski definition) is 5. The molecule has 8 aromatic heterocycles. The summed E-state index contributed by atoms with van der Waals surface area (Å²) in [4.78, 5) is 0. The summed E-state index contributed by atoms with van der Waals surface area (Å²) in [6.45, 7) is 0. The van der Waals surface area contributed by atoms with Crippen molar-refractivity contribution in [2.75, 3.05) is 0 Å². The predicted molar refractivity (Wildman–Crippen MR) is 383 cm³/mol. The Kier molecular flexibility index (Phi) is 9.59. The van der Waals surface area contributed by atoms with Crippen LogP contribution in [0.4, 0.5) is 0 Å². The van der Waals surface area contributed by atoms with E-state index in [0.29, 0.717) is 16.9 Å². The van der Waals surface area contributed by atoms with Crippen LogP contribution in [-0.2, 0) is 0 Å². The molecule has 0 atom stereocenters. The minimum Gasteiger partial charge on any atom is -0.455 e. The number of aromatic nitrogens is 4. The van der Waals surface area contributed by atoms with Gasteiger partial charge < -0.3 is 35.9 Å². The molecule has 0 bridgehead atoms. The fourth-order valence-electron chi connectivity index (χ4n) is 16.4. The fourth-order valence-corrected chi connectivity index (χ4v) is 16.4. The SMILES string of the molecule is N#Cc1c(-n2c3ccccc3c3ccccc32)c(-n2c3ccc4c5ccccc5oc4c3c3c4oc5ccccc5c4ccc32)c(-c2ccccc2)c(-n2c3ccc4c5ccccc5oc4c3c3c4oc5ccccc5c4ccc32)c1-n1c2ccccc2c2ccccc21. The maximum Gasteiger partial charge on any atom is 0.145 e. The van der Waals surface area contributed by atoms with Gasteiger partial charge in [-0.05, 0) is 103 Å². The average Bonchev–Trinajstić information content (AvgIpc) is 1.46. The second kappa shape index (κ2) is 18.1. The fraction of sp³-hybridized carbons (Fsp3) is 0. The van der Waals surface area contributed by atoms with Crippen molar-refractivity contribution in [1.29, 1.82) is 5.26 Å². The molecule has 0 aliphatic heterocycles. The topological polar surface area (TPSA) is 96.1 Å².